The smallest absolute Gasteiger partial charge is 0.132 e. The van der Waals surface area contributed by atoms with Crippen molar-refractivity contribution in [3.8, 4) is 0 Å². The molecule has 1 saturated carbocycles. The molecule has 1 fully saturated rings. The summed E-state index contributed by atoms with van der Waals surface area (Å²) in [5.74, 6) is 0.665. The van der Waals surface area contributed by atoms with Gasteiger partial charge in [0.2, 0.25) is 0 Å². The molecule has 0 saturated heterocycles. The Kier molecular flexibility index (Phi) is 2.85. The molecule has 80 valence electrons. The third-order valence-corrected chi connectivity index (χ3v) is 3.20. The van der Waals surface area contributed by atoms with Crippen molar-refractivity contribution in [1.82, 2.24) is 0 Å². The number of Topliss-reactive ketones (excluding diaryl/α,β-unsaturated/α-hetero) is 1. The van der Waals surface area contributed by atoms with E-state index < -0.39 is 0 Å². The minimum atomic E-state index is -0.148. The Morgan fingerprint density at radius 3 is 2.53 bits per heavy atom. The van der Waals surface area contributed by atoms with Gasteiger partial charge in [0.1, 0.15) is 11.6 Å². The van der Waals surface area contributed by atoms with Gasteiger partial charge in [0.05, 0.1) is 0 Å². The van der Waals surface area contributed by atoms with Gasteiger partial charge in [-0.15, -0.1) is 0 Å². The maximum Gasteiger partial charge on any atom is 0.132 e. The SMILES string of the molecule is Cc1cc(C2CCC(=O)CC2)ccc1F. The van der Waals surface area contributed by atoms with Crippen LogP contribution in [0.25, 0.3) is 0 Å². The average molecular weight is 206 g/mol. The fraction of sp³-hybridized carbons (Fsp3) is 0.462. The van der Waals surface area contributed by atoms with Gasteiger partial charge in [0, 0.05) is 12.8 Å². The highest BCUT2D eigenvalue weighted by Gasteiger charge is 2.20. The Balaban J connectivity index is 2.16. The van der Waals surface area contributed by atoms with Crippen LogP contribution >= 0.6 is 0 Å². The number of hydrogen-bond acceptors (Lipinski definition) is 1. The summed E-state index contributed by atoms with van der Waals surface area (Å²) < 4.78 is 13.1. The molecule has 1 aromatic carbocycles. The highest BCUT2D eigenvalue weighted by molar-refractivity contribution is 5.79. The molecule has 1 aliphatic carbocycles. The first kappa shape index (κ1) is 10.3. The zero-order valence-corrected chi connectivity index (χ0v) is 8.92. The van der Waals surface area contributed by atoms with E-state index in [1.165, 1.54) is 11.6 Å². The summed E-state index contributed by atoms with van der Waals surface area (Å²) in [5, 5.41) is 0. The van der Waals surface area contributed by atoms with Crippen LogP contribution in [0.1, 0.15) is 42.7 Å². The van der Waals surface area contributed by atoms with Crippen LogP contribution in [-0.2, 0) is 4.79 Å². The number of halogens is 1. The molecule has 0 unspecified atom stereocenters. The zero-order chi connectivity index (χ0) is 10.8. The van der Waals surface area contributed by atoms with Gasteiger partial charge in [-0.2, -0.15) is 0 Å². The fourth-order valence-electron chi connectivity index (χ4n) is 2.19. The van der Waals surface area contributed by atoms with Gasteiger partial charge >= 0.3 is 0 Å². The van der Waals surface area contributed by atoms with Crippen molar-refractivity contribution in [2.45, 2.75) is 38.5 Å². The van der Waals surface area contributed by atoms with Crippen LogP contribution in [0.2, 0.25) is 0 Å². The third-order valence-electron chi connectivity index (χ3n) is 3.20. The second kappa shape index (κ2) is 4.13. The quantitative estimate of drug-likeness (QED) is 0.688. The molecule has 0 aliphatic heterocycles. The van der Waals surface area contributed by atoms with Gasteiger partial charge < -0.3 is 0 Å². The van der Waals surface area contributed by atoms with Crippen LogP contribution in [0.15, 0.2) is 18.2 Å². The minimum Gasteiger partial charge on any atom is -0.300 e. The third kappa shape index (κ3) is 2.25. The Labute approximate surface area is 89.3 Å². The molecule has 0 amide bonds. The molecule has 2 rings (SSSR count). The highest BCUT2D eigenvalue weighted by atomic mass is 19.1. The van der Waals surface area contributed by atoms with E-state index in [4.69, 9.17) is 0 Å². The first-order valence-corrected chi connectivity index (χ1v) is 5.44. The first-order valence-electron chi connectivity index (χ1n) is 5.44. The van der Waals surface area contributed by atoms with E-state index in [1.54, 1.807) is 6.92 Å². The lowest BCUT2D eigenvalue weighted by molar-refractivity contribution is -0.120. The van der Waals surface area contributed by atoms with Crippen molar-refractivity contribution in [1.29, 1.82) is 0 Å². The van der Waals surface area contributed by atoms with Gasteiger partial charge in [0.25, 0.3) is 0 Å². The van der Waals surface area contributed by atoms with E-state index in [0.29, 0.717) is 30.1 Å². The molecule has 0 spiro atoms. The molecule has 0 N–H and O–H groups in total. The molecule has 0 bridgehead atoms. The van der Waals surface area contributed by atoms with Crippen LogP contribution < -0.4 is 0 Å². The summed E-state index contributed by atoms with van der Waals surface area (Å²) >= 11 is 0. The van der Waals surface area contributed by atoms with Gasteiger partial charge in [0.15, 0.2) is 0 Å². The molecule has 15 heavy (non-hydrogen) atoms. The molecular weight excluding hydrogens is 191 g/mol. The molecular formula is C13H15FO. The number of ketones is 1. The predicted molar refractivity (Wildman–Crippen MR) is 57.4 cm³/mol. The van der Waals surface area contributed by atoms with E-state index in [0.717, 1.165) is 12.8 Å². The van der Waals surface area contributed by atoms with Crippen molar-refractivity contribution >= 4 is 5.78 Å². The van der Waals surface area contributed by atoms with Crippen LogP contribution in [0, 0.1) is 12.7 Å². The Bertz CT molecular complexity index is 374. The Morgan fingerprint density at radius 2 is 1.93 bits per heavy atom. The van der Waals surface area contributed by atoms with E-state index in [2.05, 4.69) is 0 Å². The number of aryl methyl sites for hydroxylation is 1. The lowest BCUT2D eigenvalue weighted by Gasteiger charge is -2.21. The molecule has 2 heteroatoms. The summed E-state index contributed by atoms with van der Waals surface area (Å²) in [5.41, 5.74) is 1.88. The van der Waals surface area contributed by atoms with Crippen LogP contribution in [-0.4, -0.2) is 5.78 Å². The molecule has 0 radical (unpaired) electrons. The first-order chi connectivity index (χ1) is 7.16. The summed E-state index contributed by atoms with van der Waals surface area (Å²) in [6.45, 7) is 1.78. The molecule has 1 nitrogen and oxygen atoms in total. The second-order valence-electron chi connectivity index (χ2n) is 4.32. The molecule has 1 aromatic rings. The van der Waals surface area contributed by atoms with E-state index in [9.17, 15) is 9.18 Å². The number of benzene rings is 1. The summed E-state index contributed by atoms with van der Waals surface area (Å²) in [6, 6.07) is 5.29. The largest absolute Gasteiger partial charge is 0.300 e. The predicted octanol–water partition coefficient (Wildman–Crippen LogP) is 3.36. The summed E-state index contributed by atoms with van der Waals surface area (Å²) in [7, 11) is 0. The molecule has 0 aromatic heterocycles. The molecule has 0 heterocycles. The van der Waals surface area contributed by atoms with Crippen molar-refractivity contribution in [2.75, 3.05) is 0 Å². The molecule has 0 atom stereocenters. The van der Waals surface area contributed by atoms with Crippen LogP contribution in [0.3, 0.4) is 0 Å². The van der Waals surface area contributed by atoms with Crippen molar-refractivity contribution < 1.29 is 9.18 Å². The Morgan fingerprint density at radius 1 is 1.27 bits per heavy atom. The minimum absolute atomic E-state index is 0.148. The maximum absolute atomic E-state index is 13.1. The van der Waals surface area contributed by atoms with Gasteiger partial charge in [-0.05, 0) is 42.9 Å². The number of carbonyl (C=O) groups is 1. The standard InChI is InChI=1S/C13H15FO/c1-9-8-11(4-7-13(9)14)10-2-5-12(15)6-3-10/h4,7-8,10H,2-3,5-6H2,1H3. The van der Waals surface area contributed by atoms with Crippen molar-refractivity contribution in [2.24, 2.45) is 0 Å². The van der Waals surface area contributed by atoms with Gasteiger partial charge in [-0.25, -0.2) is 4.39 Å². The second-order valence-corrected chi connectivity index (χ2v) is 4.32. The average Bonchev–Trinajstić information content (AvgIpc) is 2.23. The van der Waals surface area contributed by atoms with Crippen LogP contribution in [0.4, 0.5) is 4.39 Å². The Hall–Kier alpha value is -1.18. The normalized spacial score (nSPS) is 18.1. The van der Waals surface area contributed by atoms with E-state index >= 15 is 0 Å². The highest BCUT2D eigenvalue weighted by Crippen LogP contribution is 2.31. The van der Waals surface area contributed by atoms with Crippen molar-refractivity contribution in [3.05, 3.63) is 35.1 Å². The summed E-state index contributed by atoms with van der Waals surface area (Å²) in [4.78, 5) is 11.1. The zero-order valence-electron chi connectivity index (χ0n) is 8.92. The number of rotatable bonds is 1. The lowest BCUT2D eigenvalue weighted by Crippen LogP contribution is -2.12. The number of carbonyl (C=O) groups excluding carboxylic acids is 1. The fourth-order valence-corrected chi connectivity index (χ4v) is 2.19. The molecule has 1 aliphatic rings. The lowest BCUT2D eigenvalue weighted by atomic mass is 9.83. The van der Waals surface area contributed by atoms with Crippen molar-refractivity contribution in [3.63, 3.8) is 0 Å². The van der Waals surface area contributed by atoms with Crippen LogP contribution in [0.5, 0.6) is 0 Å². The summed E-state index contributed by atoms with van der Waals surface area (Å²) in [6.07, 6.45) is 3.20. The van der Waals surface area contributed by atoms with Gasteiger partial charge in [-0.1, -0.05) is 12.1 Å². The van der Waals surface area contributed by atoms with E-state index in [1.807, 2.05) is 12.1 Å². The number of hydrogen-bond donors (Lipinski definition) is 0. The monoisotopic (exact) mass is 206 g/mol. The van der Waals surface area contributed by atoms with Gasteiger partial charge in [-0.3, -0.25) is 4.79 Å². The topological polar surface area (TPSA) is 17.1 Å². The van der Waals surface area contributed by atoms with E-state index in [-0.39, 0.29) is 5.82 Å². The maximum atomic E-state index is 13.1.